The number of ether oxygens (including phenoxy) is 2. The van der Waals surface area contributed by atoms with Gasteiger partial charge < -0.3 is 9.47 Å². The van der Waals surface area contributed by atoms with Crippen molar-refractivity contribution >= 4 is 52.3 Å². The predicted octanol–water partition coefficient (Wildman–Crippen LogP) is 4.70. The van der Waals surface area contributed by atoms with Crippen molar-refractivity contribution < 1.29 is 28.7 Å². The van der Waals surface area contributed by atoms with Crippen LogP contribution in [0.15, 0.2) is 66.7 Å². The maximum atomic E-state index is 14.0. The molecule has 0 radical (unpaired) electrons. The molecule has 3 atom stereocenters. The third-order valence-corrected chi connectivity index (χ3v) is 7.95. The highest BCUT2D eigenvalue weighted by Gasteiger charge is 2.75. The highest BCUT2D eigenvalue weighted by atomic mass is 35.5. The number of rotatable bonds is 3. The fraction of sp³-hybridized carbons (Fsp3) is 0.185. The van der Waals surface area contributed by atoms with Crippen LogP contribution in [0.25, 0.3) is 0 Å². The number of ketones is 2. The topological polar surface area (TPSA) is 90.0 Å². The van der Waals surface area contributed by atoms with Crippen LogP contribution >= 0.6 is 23.2 Å². The number of halogens is 2. The first-order chi connectivity index (χ1) is 17.3. The number of Topliss-reactive ketones (excluding diaryl/α,β-unsaturated/α-hetero) is 2. The van der Waals surface area contributed by atoms with Crippen molar-refractivity contribution in [3.63, 3.8) is 0 Å². The molecule has 3 aromatic carbocycles. The summed E-state index contributed by atoms with van der Waals surface area (Å²) < 4.78 is 11.5. The van der Waals surface area contributed by atoms with Crippen LogP contribution in [0.1, 0.15) is 32.4 Å². The Morgan fingerprint density at radius 3 is 2.19 bits per heavy atom. The van der Waals surface area contributed by atoms with Crippen LogP contribution < -0.4 is 9.64 Å². The summed E-state index contributed by atoms with van der Waals surface area (Å²) in [6.07, 6.45) is -1.16. The Balaban J connectivity index is 1.56. The summed E-state index contributed by atoms with van der Waals surface area (Å²) in [4.78, 5) is 56.4. The van der Waals surface area contributed by atoms with E-state index in [0.717, 1.165) is 4.90 Å². The highest BCUT2D eigenvalue weighted by Crippen LogP contribution is 2.58. The molecule has 3 aliphatic rings. The van der Waals surface area contributed by atoms with E-state index in [1.54, 1.807) is 54.6 Å². The molecule has 1 aliphatic carbocycles. The highest BCUT2D eigenvalue weighted by molar-refractivity contribution is 6.42. The molecule has 1 spiro atoms. The standard InChI is InChI=1S/C27H17Cl2NO6/c1-35-14-7-4-6-13(12-14)30-25(33)19-20(26(30)34)27(23(31)15-8-2-3-9-16(15)24(27)32)36-22(19)17-10-5-11-18(28)21(17)29/h2-12,19-20,22H,1H3. The number of anilines is 1. The number of methoxy groups -OCH3 is 1. The fourth-order valence-corrected chi connectivity index (χ4v) is 5.96. The van der Waals surface area contributed by atoms with E-state index in [9.17, 15) is 19.2 Å². The zero-order valence-electron chi connectivity index (χ0n) is 18.7. The van der Waals surface area contributed by atoms with Crippen LogP contribution in [0.2, 0.25) is 10.0 Å². The molecule has 3 aromatic rings. The van der Waals surface area contributed by atoms with Crippen LogP contribution in [-0.2, 0) is 14.3 Å². The lowest BCUT2D eigenvalue weighted by atomic mass is 9.77. The molecule has 36 heavy (non-hydrogen) atoms. The molecule has 2 heterocycles. The van der Waals surface area contributed by atoms with Gasteiger partial charge in [0.15, 0.2) is 0 Å². The maximum absolute atomic E-state index is 14.0. The predicted molar refractivity (Wildman–Crippen MR) is 131 cm³/mol. The summed E-state index contributed by atoms with van der Waals surface area (Å²) in [6.45, 7) is 0. The van der Waals surface area contributed by atoms with Crippen molar-refractivity contribution in [1.29, 1.82) is 0 Å². The van der Waals surface area contributed by atoms with Gasteiger partial charge in [-0.15, -0.1) is 0 Å². The smallest absolute Gasteiger partial charge is 0.241 e. The maximum Gasteiger partial charge on any atom is 0.241 e. The number of imide groups is 1. The second-order valence-corrected chi connectivity index (χ2v) is 9.62. The summed E-state index contributed by atoms with van der Waals surface area (Å²) >= 11 is 12.7. The van der Waals surface area contributed by atoms with Crippen LogP contribution in [0.4, 0.5) is 5.69 Å². The van der Waals surface area contributed by atoms with Gasteiger partial charge in [0, 0.05) is 22.8 Å². The van der Waals surface area contributed by atoms with E-state index in [4.69, 9.17) is 32.7 Å². The number of nitrogens with zero attached hydrogens (tertiary/aromatic N) is 1. The van der Waals surface area contributed by atoms with Crippen molar-refractivity contribution in [1.82, 2.24) is 0 Å². The van der Waals surface area contributed by atoms with E-state index in [-0.39, 0.29) is 26.9 Å². The minimum atomic E-state index is -2.19. The molecule has 6 rings (SSSR count). The number of carbonyl (C=O) groups excluding carboxylic acids is 4. The lowest BCUT2D eigenvalue weighted by Crippen LogP contribution is -2.51. The molecule has 7 nitrogen and oxygen atoms in total. The number of benzene rings is 3. The van der Waals surface area contributed by atoms with Crippen LogP contribution in [0, 0.1) is 11.8 Å². The average molecular weight is 522 g/mol. The number of hydrogen-bond acceptors (Lipinski definition) is 6. The Morgan fingerprint density at radius 2 is 1.53 bits per heavy atom. The summed E-state index contributed by atoms with van der Waals surface area (Å²) in [6, 6.07) is 17.5. The monoisotopic (exact) mass is 521 g/mol. The Bertz CT molecular complexity index is 1470. The molecule has 3 unspecified atom stereocenters. The second kappa shape index (κ2) is 8.00. The molecule has 9 heteroatoms. The molecule has 0 aromatic heterocycles. The average Bonchev–Trinajstić information content (AvgIpc) is 3.45. The van der Waals surface area contributed by atoms with Crippen LogP contribution in [-0.4, -0.2) is 36.1 Å². The number of fused-ring (bicyclic) bond motifs is 3. The van der Waals surface area contributed by atoms with Gasteiger partial charge in [-0.05, 0) is 18.2 Å². The van der Waals surface area contributed by atoms with Crippen molar-refractivity contribution in [3.05, 3.63) is 93.5 Å². The summed E-state index contributed by atoms with van der Waals surface area (Å²) in [5.74, 6) is -4.72. The van der Waals surface area contributed by atoms with E-state index in [2.05, 4.69) is 0 Å². The Hall–Kier alpha value is -3.52. The number of amides is 2. The normalized spacial score (nSPS) is 24.0. The largest absolute Gasteiger partial charge is 0.497 e. The van der Waals surface area contributed by atoms with Crippen molar-refractivity contribution in [2.45, 2.75) is 11.7 Å². The van der Waals surface area contributed by atoms with Gasteiger partial charge in [0.05, 0.1) is 40.8 Å². The van der Waals surface area contributed by atoms with Crippen molar-refractivity contribution in [3.8, 4) is 5.75 Å². The zero-order valence-corrected chi connectivity index (χ0v) is 20.2. The Labute approximate surface area is 215 Å². The molecule has 2 fully saturated rings. The molecular weight excluding hydrogens is 505 g/mol. The van der Waals surface area contributed by atoms with Gasteiger partial charge in [0.25, 0.3) is 0 Å². The molecule has 0 bridgehead atoms. The molecule has 0 N–H and O–H groups in total. The quantitative estimate of drug-likeness (QED) is 0.366. The van der Waals surface area contributed by atoms with Gasteiger partial charge in [-0.1, -0.05) is 65.7 Å². The third-order valence-electron chi connectivity index (χ3n) is 7.12. The second-order valence-electron chi connectivity index (χ2n) is 8.84. The molecule has 180 valence electrons. The van der Waals surface area contributed by atoms with E-state index in [1.165, 1.54) is 19.2 Å². The van der Waals surface area contributed by atoms with Gasteiger partial charge in [-0.3, -0.25) is 19.2 Å². The van der Waals surface area contributed by atoms with Gasteiger partial charge in [-0.2, -0.15) is 0 Å². The first-order valence-corrected chi connectivity index (χ1v) is 11.9. The lowest BCUT2D eigenvalue weighted by Gasteiger charge is -2.27. The van der Waals surface area contributed by atoms with E-state index >= 15 is 0 Å². The minimum Gasteiger partial charge on any atom is -0.497 e. The lowest BCUT2D eigenvalue weighted by molar-refractivity contribution is -0.127. The minimum absolute atomic E-state index is 0.121. The fourth-order valence-electron chi connectivity index (χ4n) is 5.54. The first-order valence-electron chi connectivity index (χ1n) is 11.1. The summed E-state index contributed by atoms with van der Waals surface area (Å²) in [5, 5.41) is 0.333. The number of carbonyl (C=O) groups is 4. The molecule has 2 saturated heterocycles. The van der Waals surface area contributed by atoms with E-state index < -0.39 is 46.9 Å². The SMILES string of the molecule is COc1cccc(N2C(=O)C3C(c4cccc(Cl)c4Cl)OC4(C(=O)c5ccccc5C4=O)C3C2=O)c1. The molecule has 2 aliphatic heterocycles. The molecular formula is C27H17Cl2NO6. The van der Waals surface area contributed by atoms with Gasteiger partial charge in [0.1, 0.15) is 5.75 Å². The Morgan fingerprint density at radius 1 is 0.861 bits per heavy atom. The summed E-state index contributed by atoms with van der Waals surface area (Å²) in [5.41, 5.74) is -1.30. The molecule has 2 amide bonds. The summed E-state index contributed by atoms with van der Waals surface area (Å²) in [7, 11) is 1.47. The van der Waals surface area contributed by atoms with Gasteiger partial charge in [-0.25, -0.2) is 4.90 Å². The van der Waals surface area contributed by atoms with Crippen LogP contribution in [0.3, 0.4) is 0 Å². The molecule has 0 saturated carbocycles. The third kappa shape index (κ3) is 2.85. The van der Waals surface area contributed by atoms with Crippen LogP contribution in [0.5, 0.6) is 5.75 Å². The van der Waals surface area contributed by atoms with E-state index in [0.29, 0.717) is 11.3 Å². The van der Waals surface area contributed by atoms with Crippen molar-refractivity contribution in [2.75, 3.05) is 12.0 Å². The van der Waals surface area contributed by atoms with Crippen molar-refractivity contribution in [2.24, 2.45) is 11.8 Å². The van der Waals surface area contributed by atoms with Gasteiger partial charge >= 0.3 is 0 Å². The van der Waals surface area contributed by atoms with E-state index in [1.807, 2.05) is 0 Å². The zero-order chi connectivity index (χ0) is 25.4. The Kier molecular flexibility index (Phi) is 5.09. The number of hydrogen-bond donors (Lipinski definition) is 0. The first kappa shape index (κ1) is 22.9. The van der Waals surface area contributed by atoms with Gasteiger partial charge in [0.2, 0.25) is 29.0 Å².